The third kappa shape index (κ3) is 2.81. The summed E-state index contributed by atoms with van der Waals surface area (Å²) in [6, 6.07) is 5.87. The Balaban J connectivity index is 2.99. The van der Waals surface area contributed by atoms with Crippen LogP contribution in [0, 0.1) is 16.0 Å². The highest BCUT2D eigenvalue weighted by Gasteiger charge is 2.19. The number of aliphatic hydroxyl groups is 1. The molecule has 0 amide bonds. The number of benzene rings is 1. The van der Waals surface area contributed by atoms with Gasteiger partial charge < -0.3 is 5.11 Å². The Hall–Kier alpha value is -1.39. The predicted octanol–water partition coefficient (Wildman–Crippen LogP) is 2.67. The molecule has 0 saturated heterocycles. The van der Waals surface area contributed by atoms with Crippen LogP contribution in [0.4, 0.5) is 5.69 Å². The average molecular weight is 242 g/mol. The molecule has 0 fully saturated rings. The Kier molecular flexibility index (Phi) is 4.46. The number of nitrogens with zero attached hydrogens (tertiary/aromatic N) is 1. The number of hydrogen-bond donors (Lipinski definition) is 1. The molecule has 0 aliphatic rings. The molecule has 0 unspecified atom stereocenters. The second kappa shape index (κ2) is 5.63. The van der Waals surface area contributed by atoms with Gasteiger partial charge in [-0.1, -0.05) is 18.2 Å². The third-order valence-corrected chi connectivity index (χ3v) is 2.67. The minimum Gasteiger partial charge on any atom is -0.388 e. The average Bonchev–Trinajstić information content (AvgIpc) is 2.30. The second-order valence-corrected chi connectivity index (χ2v) is 3.66. The molecule has 1 N–H and O–H groups in total. The fraction of sp³-hybridized carbons (Fsp3) is 0.273. The van der Waals surface area contributed by atoms with Crippen LogP contribution in [0.15, 0.2) is 36.9 Å². The van der Waals surface area contributed by atoms with Crippen molar-refractivity contribution in [2.75, 3.05) is 5.88 Å². The van der Waals surface area contributed by atoms with Crippen LogP contribution in [0.5, 0.6) is 0 Å². The zero-order valence-electron chi connectivity index (χ0n) is 8.54. The summed E-state index contributed by atoms with van der Waals surface area (Å²) in [5.74, 6) is -0.100. The van der Waals surface area contributed by atoms with Gasteiger partial charge in [0.15, 0.2) is 0 Å². The summed E-state index contributed by atoms with van der Waals surface area (Å²) in [6.07, 6.45) is 0.672. The Bertz CT molecular complexity index is 395. The van der Waals surface area contributed by atoms with Crippen LogP contribution >= 0.6 is 11.6 Å². The fourth-order valence-corrected chi connectivity index (χ4v) is 1.64. The molecule has 0 aliphatic heterocycles. The summed E-state index contributed by atoms with van der Waals surface area (Å²) in [4.78, 5) is 10.1. The monoisotopic (exact) mass is 241 g/mol. The van der Waals surface area contributed by atoms with Crippen LogP contribution < -0.4 is 0 Å². The molecule has 0 aromatic heterocycles. The van der Waals surface area contributed by atoms with Crippen LogP contribution in [-0.4, -0.2) is 15.9 Å². The highest BCUT2D eigenvalue weighted by atomic mass is 35.5. The van der Waals surface area contributed by atoms with Gasteiger partial charge >= 0.3 is 0 Å². The van der Waals surface area contributed by atoms with Crippen LogP contribution in [0.2, 0.25) is 0 Å². The van der Waals surface area contributed by atoms with E-state index < -0.39 is 11.0 Å². The van der Waals surface area contributed by atoms with Crippen molar-refractivity contribution in [3.8, 4) is 0 Å². The SMILES string of the molecule is C=C[C@H](CCl)[C@H](O)c1cccc([N+](=O)[O-])c1. The molecule has 5 heteroatoms. The normalized spacial score (nSPS) is 14.1. The van der Waals surface area contributed by atoms with Crippen molar-refractivity contribution in [2.45, 2.75) is 6.10 Å². The van der Waals surface area contributed by atoms with E-state index in [4.69, 9.17) is 11.6 Å². The van der Waals surface area contributed by atoms with Crippen molar-refractivity contribution in [3.63, 3.8) is 0 Å². The Morgan fingerprint density at radius 1 is 1.62 bits per heavy atom. The number of aliphatic hydroxyl groups excluding tert-OH is 1. The van der Waals surface area contributed by atoms with Gasteiger partial charge in [-0.25, -0.2) is 0 Å². The van der Waals surface area contributed by atoms with E-state index in [0.717, 1.165) is 0 Å². The van der Waals surface area contributed by atoms with Crippen molar-refractivity contribution in [2.24, 2.45) is 5.92 Å². The molecule has 0 radical (unpaired) electrons. The molecule has 86 valence electrons. The summed E-state index contributed by atoms with van der Waals surface area (Å²) in [7, 11) is 0. The van der Waals surface area contributed by atoms with E-state index in [-0.39, 0.29) is 17.5 Å². The van der Waals surface area contributed by atoms with Gasteiger partial charge in [-0.2, -0.15) is 0 Å². The molecule has 0 bridgehead atoms. The van der Waals surface area contributed by atoms with Gasteiger partial charge in [-0.15, -0.1) is 18.2 Å². The molecule has 4 nitrogen and oxygen atoms in total. The highest BCUT2D eigenvalue weighted by Crippen LogP contribution is 2.26. The summed E-state index contributed by atoms with van der Waals surface area (Å²) in [5, 5.41) is 20.5. The van der Waals surface area contributed by atoms with Crippen LogP contribution in [-0.2, 0) is 0 Å². The largest absolute Gasteiger partial charge is 0.388 e. The Labute approximate surface area is 98.3 Å². The predicted molar refractivity (Wildman–Crippen MR) is 62.5 cm³/mol. The smallest absolute Gasteiger partial charge is 0.269 e. The molecular formula is C11H12ClNO3. The third-order valence-electron chi connectivity index (χ3n) is 2.31. The Morgan fingerprint density at radius 3 is 2.81 bits per heavy atom. The number of nitro groups is 1. The summed E-state index contributed by atoms with van der Waals surface area (Å²) >= 11 is 5.65. The lowest BCUT2D eigenvalue weighted by molar-refractivity contribution is -0.385. The fourth-order valence-electron chi connectivity index (χ4n) is 1.35. The van der Waals surface area contributed by atoms with E-state index in [2.05, 4.69) is 6.58 Å². The summed E-state index contributed by atoms with van der Waals surface area (Å²) in [6.45, 7) is 3.56. The van der Waals surface area contributed by atoms with Gasteiger partial charge in [-0.3, -0.25) is 10.1 Å². The molecule has 0 spiro atoms. The zero-order valence-corrected chi connectivity index (χ0v) is 9.30. The number of hydrogen-bond acceptors (Lipinski definition) is 3. The van der Waals surface area contributed by atoms with Gasteiger partial charge in [0.1, 0.15) is 0 Å². The van der Waals surface area contributed by atoms with E-state index in [0.29, 0.717) is 5.56 Å². The molecule has 16 heavy (non-hydrogen) atoms. The summed E-state index contributed by atoms with van der Waals surface area (Å²) in [5.41, 5.74) is 0.425. The lowest BCUT2D eigenvalue weighted by atomic mass is 9.97. The van der Waals surface area contributed by atoms with E-state index in [9.17, 15) is 15.2 Å². The topological polar surface area (TPSA) is 63.4 Å². The van der Waals surface area contributed by atoms with Crippen molar-refractivity contribution < 1.29 is 10.0 Å². The van der Waals surface area contributed by atoms with Crippen molar-refractivity contribution in [1.82, 2.24) is 0 Å². The molecule has 1 aromatic carbocycles. The van der Waals surface area contributed by atoms with Crippen molar-refractivity contribution in [3.05, 3.63) is 52.6 Å². The van der Waals surface area contributed by atoms with E-state index >= 15 is 0 Å². The quantitative estimate of drug-likeness (QED) is 0.373. The van der Waals surface area contributed by atoms with Gasteiger partial charge in [0.25, 0.3) is 5.69 Å². The standard InChI is InChI=1S/C11H12ClNO3/c1-2-8(7-12)11(14)9-4-3-5-10(6-9)13(15)16/h2-6,8,11,14H,1,7H2/t8-,11+/m1/s1. The highest BCUT2D eigenvalue weighted by molar-refractivity contribution is 6.18. The lowest BCUT2D eigenvalue weighted by Crippen LogP contribution is -2.11. The van der Waals surface area contributed by atoms with Gasteiger partial charge in [0.2, 0.25) is 0 Å². The maximum atomic E-state index is 10.6. The van der Waals surface area contributed by atoms with Crippen LogP contribution in [0.3, 0.4) is 0 Å². The van der Waals surface area contributed by atoms with Crippen molar-refractivity contribution in [1.29, 1.82) is 0 Å². The number of nitro benzene ring substituents is 1. The molecule has 0 heterocycles. The molecular weight excluding hydrogens is 230 g/mol. The first kappa shape index (κ1) is 12.7. The number of halogens is 1. The molecule has 2 atom stereocenters. The van der Waals surface area contributed by atoms with E-state index in [1.807, 2.05) is 0 Å². The minimum absolute atomic E-state index is 0.0473. The Morgan fingerprint density at radius 2 is 2.31 bits per heavy atom. The van der Waals surface area contributed by atoms with Gasteiger partial charge in [-0.05, 0) is 5.56 Å². The molecule has 0 saturated carbocycles. The zero-order chi connectivity index (χ0) is 12.1. The molecule has 1 aromatic rings. The van der Waals surface area contributed by atoms with Crippen LogP contribution in [0.25, 0.3) is 0 Å². The van der Waals surface area contributed by atoms with Gasteiger partial charge in [0, 0.05) is 23.9 Å². The summed E-state index contributed by atoms with van der Waals surface area (Å²) < 4.78 is 0. The van der Waals surface area contributed by atoms with E-state index in [1.165, 1.54) is 24.3 Å². The second-order valence-electron chi connectivity index (χ2n) is 3.35. The first-order valence-electron chi connectivity index (χ1n) is 4.71. The lowest BCUT2D eigenvalue weighted by Gasteiger charge is -2.17. The first-order valence-corrected chi connectivity index (χ1v) is 5.24. The van der Waals surface area contributed by atoms with E-state index in [1.54, 1.807) is 6.07 Å². The first-order chi connectivity index (χ1) is 7.60. The number of alkyl halides is 1. The number of rotatable bonds is 5. The van der Waals surface area contributed by atoms with Crippen LogP contribution in [0.1, 0.15) is 11.7 Å². The van der Waals surface area contributed by atoms with Gasteiger partial charge in [0.05, 0.1) is 11.0 Å². The minimum atomic E-state index is -0.866. The molecule has 1 rings (SSSR count). The maximum absolute atomic E-state index is 10.6. The number of non-ortho nitro benzene ring substituents is 1. The van der Waals surface area contributed by atoms with Crippen molar-refractivity contribution >= 4 is 17.3 Å². The maximum Gasteiger partial charge on any atom is 0.269 e. The molecule has 0 aliphatic carbocycles.